The Morgan fingerprint density at radius 2 is 2.00 bits per heavy atom. The van der Waals surface area contributed by atoms with Gasteiger partial charge in [0.25, 0.3) is 0 Å². The fraction of sp³-hybridized carbons (Fsp3) is 0.250. The summed E-state index contributed by atoms with van der Waals surface area (Å²) in [6.07, 6.45) is 3.34. The zero-order valence-electron chi connectivity index (χ0n) is 9.13. The summed E-state index contributed by atoms with van der Waals surface area (Å²) in [6.45, 7) is 5.45. The van der Waals surface area contributed by atoms with Crippen LogP contribution >= 0.6 is 0 Å². The van der Waals surface area contributed by atoms with Crippen LogP contribution in [0.3, 0.4) is 0 Å². The molecular formula is C12H12OWY-2. The van der Waals surface area contributed by atoms with Gasteiger partial charge in [0.1, 0.15) is 5.78 Å². The number of hydrogen-bond donors (Lipinski definition) is 0. The van der Waals surface area contributed by atoms with Crippen LogP contribution in [0.1, 0.15) is 23.6 Å². The Labute approximate surface area is 131 Å². The SMILES string of the molecule is CC(=O)/C=C/c1[c-]c(C)[c-]cc1C.[W].[Y]. The maximum absolute atomic E-state index is 10.7. The first-order valence-corrected chi connectivity index (χ1v) is 4.19. The van der Waals surface area contributed by atoms with Crippen LogP contribution < -0.4 is 0 Å². The Bertz CT molecular complexity index is 359. The molecule has 1 radical (unpaired) electrons. The quantitative estimate of drug-likeness (QED) is 0.506. The molecule has 3 heteroatoms. The molecule has 0 fully saturated rings. The van der Waals surface area contributed by atoms with Gasteiger partial charge in [-0.25, -0.2) is 23.3 Å². The zero-order chi connectivity index (χ0) is 9.84. The van der Waals surface area contributed by atoms with Crippen molar-refractivity contribution < 1.29 is 58.6 Å². The van der Waals surface area contributed by atoms with E-state index in [2.05, 4.69) is 12.1 Å². The monoisotopic (exact) mass is 445 g/mol. The van der Waals surface area contributed by atoms with Crippen LogP contribution in [-0.4, -0.2) is 5.78 Å². The standard InChI is InChI=1S/C12H12O.W.Y/c1-9-4-5-10(2)12(8-9)7-6-11(3)13;;/h5-7H,1-3H3;;/q-2;;/b7-6+;;. The van der Waals surface area contributed by atoms with Crippen molar-refractivity contribution in [2.45, 2.75) is 20.8 Å². The number of rotatable bonds is 2. The van der Waals surface area contributed by atoms with Crippen molar-refractivity contribution in [3.8, 4) is 0 Å². The van der Waals surface area contributed by atoms with Gasteiger partial charge in [0.15, 0.2) is 0 Å². The van der Waals surface area contributed by atoms with E-state index in [1.54, 1.807) is 12.2 Å². The Balaban J connectivity index is 0. The second-order valence-corrected chi connectivity index (χ2v) is 3.08. The van der Waals surface area contributed by atoms with Crippen LogP contribution in [0.2, 0.25) is 0 Å². The average Bonchev–Trinajstić information content (AvgIpc) is 2.06. The van der Waals surface area contributed by atoms with Gasteiger partial charge in [-0.2, -0.15) is 0 Å². The maximum atomic E-state index is 10.7. The number of carbonyl (C=O) groups excluding carboxylic acids is 1. The van der Waals surface area contributed by atoms with E-state index in [0.717, 1.165) is 16.7 Å². The normalized spacial score (nSPS) is 9.27. The molecule has 15 heavy (non-hydrogen) atoms. The van der Waals surface area contributed by atoms with E-state index in [0.29, 0.717) is 0 Å². The molecule has 0 heterocycles. The van der Waals surface area contributed by atoms with Crippen molar-refractivity contribution in [2.24, 2.45) is 0 Å². The van der Waals surface area contributed by atoms with Gasteiger partial charge in [0, 0.05) is 53.8 Å². The molecule has 0 spiro atoms. The minimum atomic E-state index is 0. The molecule has 0 aliphatic rings. The fourth-order valence-corrected chi connectivity index (χ4v) is 1.00. The van der Waals surface area contributed by atoms with E-state index >= 15 is 0 Å². The summed E-state index contributed by atoms with van der Waals surface area (Å²) < 4.78 is 0. The Kier molecular flexibility index (Phi) is 10.2. The van der Waals surface area contributed by atoms with Crippen LogP contribution in [-0.2, 0) is 58.6 Å². The topological polar surface area (TPSA) is 17.1 Å². The maximum Gasteiger partial charge on any atom is 0.135 e. The molecule has 0 amide bonds. The van der Waals surface area contributed by atoms with Gasteiger partial charge < -0.3 is 0 Å². The van der Waals surface area contributed by atoms with Gasteiger partial charge in [-0.05, 0) is 6.92 Å². The van der Waals surface area contributed by atoms with Gasteiger partial charge in [-0.15, -0.1) is 13.0 Å². The van der Waals surface area contributed by atoms with Crippen LogP contribution in [0.4, 0.5) is 0 Å². The van der Waals surface area contributed by atoms with E-state index < -0.39 is 0 Å². The summed E-state index contributed by atoms with van der Waals surface area (Å²) in [6, 6.07) is 8.10. The van der Waals surface area contributed by atoms with Crippen LogP contribution in [0.25, 0.3) is 6.08 Å². The van der Waals surface area contributed by atoms with Crippen molar-refractivity contribution in [1.82, 2.24) is 0 Å². The molecule has 0 bridgehead atoms. The smallest absolute Gasteiger partial charge is 0.135 e. The first kappa shape index (κ1) is 17.8. The van der Waals surface area contributed by atoms with E-state index in [4.69, 9.17) is 0 Å². The average molecular weight is 445 g/mol. The molecule has 1 rings (SSSR count). The van der Waals surface area contributed by atoms with Gasteiger partial charge in [0.2, 0.25) is 0 Å². The van der Waals surface area contributed by atoms with Gasteiger partial charge in [-0.1, -0.05) is 6.92 Å². The van der Waals surface area contributed by atoms with Gasteiger partial charge in [0.05, 0.1) is 0 Å². The predicted molar refractivity (Wildman–Crippen MR) is 53.3 cm³/mol. The first-order chi connectivity index (χ1) is 6.09. The molecule has 1 aromatic rings. The third-order valence-electron chi connectivity index (χ3n) is 1.74. The molecule has 0 saturated carbocycles. The molecule has 0 atom stereocenters. The third-order valence-corrected chi connectivity index (χ3v) is 1.74. The number of ketones is 1. The predicted octanol–water partition coefficient (Wildman–Crippen LogP) is 2.50. The van der Waals surface area contributed by atoms with Crippen molar-refractivity contribution in [3.63, 3.8) is 0 Å². The van der Waals surface area contributed by atoms with E-state index in [1.165, 1.54) is 6.92 Å². The Hall–Kier alpha value is 0.422. The Morgan fingerprint density at radius 1 is 1.40 bits per heavy atom. The van der Waals surface area contributed by atoms with Crippen molar-refractivity contribution >= 4 is 11.9 Å². The molecule has 77 valence electrons. The Morgan fingerprint density at radius 3 is 2.53 bits per heavy atom. The van der Waals surface area contributed by atoms with Crippen LogP contribution in [0.15, 0.2) is 12.1 Å². The second kappa shape index (κ2) is 8.56. The summed E-state index contributed by atoms with van der Waals surface area (Å²) in [7, 11) is 0. The summed E-state index contributed by atoms with van der Waals surface area (Å²) in [5.74, 6) is 0.0540. The molecule has 0 aliphatic carbocycles. The first-order valence-electron chi connectivity index (χ1n) is 4.19. The van der Waals surface area contributed by atoms with Crippen LogP contribution in [0.5, 0.6) is 0 Å². The number of carbonyl (C=O) groups is 1. The van der Waals surface area contributed by atoms with Gasteiger partial charge in [-0.3, -0.25) is 22.5 Å². The molecule has 0 N–H and O–H groups in total. The minimum absolute atomic E-state index is 0. The molecule has 1 aromatic carbocycles. The van der Waals surface area contributed by atoms with Crippen molar-refractivity contribution in [1.29, 1.82) is 0 Å². The summed E-state index contributed by atoms with van der Waals surface area (Å²) >= 11 is 0. The minimum Gasteiger partial charge on any atom is -0.297 e. The molecule has 0 aromatic heterocycles. The number of hydrogen-bond acceptors (Lipinski definition) is 1. The molecule has 1 nitrogen and oxygen atoms in total. The molecular weight excluding hydrogens is 433 g/mol. The summed E-state index contributed by atoms with van der Waals surface area (Å²) in [5.41, 5.74) is 3.02. The second-order valence-electron chi connectivity index (χ2n) is 3.08. The number of allylic oxidation sites excluding steroid dienone is 1. The molecule has 0 saturated heterocycles. The van der Waals surface area contributed by atoms with E-state index in [9.17, 15) is 4.79 Å². The summed E-state index contributed by atoms with van der Waals surface area (Å²) in [5, 5.41) is 0. The molecule has 0 aliphatic heterocycles. The number of aryl methyl sites for hydroxylation is 2. The number of benzene rings is 1. The zero-order valence-corrected chi connectivity index (χ0v) is 14.9. The van der Waals surface area contributed by atoms with Crippen molar-refractivity contribution in [2.75, 3.05) is 0 Å². The van der Waals surface area contributed by atoms with Crippen molar-refractivity contribution in [3.05, 3.63) is 41.0 Å². The third kappa shape index (κ3) is 6.56. The van der Waals surface area contributed by atoms with Gasteiger partial charge >= 0.3 is 0 Å². The van der Waals surface area contributed by atoms with E-state index in [-0.39, 0.29) is 59.6 Å². The van der Waals surface area contributed by atoms with E-state index in [1.807, 2.05) is 19.9 Å². The fourth-order valence-electron chi connectivity index (χ4n) is 1.00. The molecule has 0 unspecified atom stereocenters. The largest absolute Gasteiger partial charge is 0.297 e. The summed E-state index contributed by atoms with van der Waals surface area (Å²) in [4.78, 5) is 10.7. The van der Waals surface area contributed by atoms with Crippen LogP contribution in [0, 0.1) is 26.0 Å².